The van der Waals surface area contributed by atoms with Crippen molar-refractivity contribution in [3.8, 4) is 5.75 Å². The number of pyridine rings is 1. The van der Waals surface area contributed by atoms with E-state index in [1.54, 1.807) is 0 Å². The van der Waals surface area contributed by atoms with E-state index >= 15 is 0 Å². The van der Waals surface area contributed by atoms with E-state index in [0.29, 0.717) is 5.69 Å². The molecule has 0 radical (unpaired) electrons. The Kier molecular flexibility index (Phi) is 3.46. The van der Waals surface area contributed by atoms with E-state index in [4.69, 9.17) is 22.1 Å². The van der Waals surface area contributed by atoms with E-state index < -0.39 is 6.43 Å². The smallest absolute Gasteiger partial charge is 0.267 e. The van der Waals surface area contributed by atoms with Gasteiger partial charge < -0.3 is 10.5 Å². The highest BCUT2D eigenvalue weighted by molar-refractivity contribution is 6.17. The molecule has 0 unspecified atom stereocenters. The summed E-state index contributed by atoms with van der Waals surface area (Å²) in [5.74, 6) is 0.189. The second-order valence-electron chi connectivity index (χ2n) is 2.54. The van der Waals surface area contributed by atoms with Crippen molar-refractivity contribution in [2.75, 3.05) is 12.8 Å². The standard InChI is InChI=1S/C8H9ClF2N2O/c1-14-7-5(2-9)13-3-4(6(7)12)8(10)11/h3,8H,2H2,1H3,(H2,12,13). The first-order chi connectivity index (χ1) is 6.61. The quantitative estimate of drug-likeness (QED) is 0.799. The van der Waals surface area contributed by atoms with Gasteiger partial charge in [-0.25, -0.2) is 8.78 Å². The third kappa shape index (κ3) is 1.87. The summed E-state index contributed by atoms with van der Waals surface area (Å²) in [5.41, 5.74) is 5.38. The molecule has 0 saturated carbocycles. The molecule has 1 aromatic heterocycles. The van der Waals surface area contributed by atoms with Gasteiger partial charge >= 0.3 is 0 Å². The van der Waals surface area contributed by atoms with E-state index in [1.807, 2.05) is 0 Å². The average Bonchev–Trinajstić information content (AvgIpc) is 2.16. The van der Waals surface area contributed by atoms with E-state index in [-0.39, 0.29) is 22.9 Å². The molecule has 0 saturated heterocycles. The fourth-order valence-corrected chi connectivity index (χ4v) is 1.25. The van der Waals surface area contributed by atoms with Crippen molar-refractivity contribution < 1.29 is 13.5 Å². The van der Waals surface area contributed by atoms with E-state index in [1.165, 1.54) is 7.11 Å². The van der Waals surface area contributed by atoms with Crippen molar-refractivity contribution in [2.45, 2.75) is 12.3 Å². The van der Waals surface area contributed by atoms with Gasteiger partial charge in [0.2, 0.25) is 0 Å². The van der Waals surface area contributed by atoms with Crippen LogP contribution >= 0.6 is 11.6 Å². The van der Waals surface area contributed by atoms with Crippen LogP contribution in [0.3, 0.4) is 0 Å². The molecule has 0 aromatic carbocycles. The van der Waals surface area contributed by atoms with Crippen LogP contribution in [0.25, 0.3) is 0 Å². The molecule has 0 atom stereocenters. The van der Waals surface area contributed by atoms with Gasteiger partial charge in [0.05, 0.1) is 29.9 Å². The molecule has 0 aliphatic rings. The molecule has 0 fully saturated rings. The molecule has 3 nitrogen and oxygen atoms in total. The molecule has 1 heterocycles. The lowest BCUT2D eigenvalue weighted by molar-refractivity contribution is 0.151. The number of hydrogen-bond acceptors (Lipinski definition) is 3. The summed E-state index contributed by atoms with van der Waals surface area (Å²) in [6, 6.07) is 0. The minimum absolute atomic E-state index is 0.0664. The van der Waals surface area contributed by atoms with E-state index in [0.717, 1.165) is 6.20 Å². The molecule has 0 spiro atoms. The first kappa shape index (κ1) is 11.0. The van der Waals surface area contributed by atoms with Gasteiger partial charge in [-0.15, -0.1) is 11.6 Å². The molecule has 0 bridgehead atoms. The Morgan fingerprint density at radius 1 is 1.64 bits per heavy atom. The van der Waals surface area contributed by atoms with Crippen molar-refractivity contribution in [1.82, 2.24) is 4.98 Å². The van der Waals surface area contributed by atoms with E-state index in [2.05, 4.69) is 4.98 Å². The van der Waals surface area contributed by atoms with Crippen LogP contribution in [0.1, 0.15) is 17.7 Å². The Balaban J connectivity index is 3.27. The SMILES string of the molecule is COc1c(CCl)ncc(C(F)F)c1N. The molecule has 78 valence electrons. The second-order valence-corrected chi connectivity index (χ2v) is 2.81. The number of methoxy groups -OCH3 is 1. The molecule has 14 heavy (non-hydrogen) atoms. The van der Waals surface area contributed by atoms with Crippen LogP contribution in [0.15, 0.2) is 6.20 Å². The van der Waals surface area contributed by atoms with Crippen molar-refractivity contribution in [1.29, 1.82) is 0 Å². The summed E-state index contributed by atoms with van der Waals surface area (Å²) >= 11 is 5.53. The second kappa shape index (κ2) is 4.41. The van der Waals surface area contributed by atoms with Crippen molar-refractivity contribution >= 4 is 17.3 Å². The number of aromatic nitrogens is 1. The Bertz CT molecular complexity index is 333. The fraction of sp³-hybridized carbons (Fsp3) is 0.375. The van der Waals surface area contributed by atoms with Gasteiger partial charge in [0.25, 0.3) is 6.43 Å². The number of hydrogen-bond donors (Lipinski definition) is 1. The van der Waals surface area contributed by atoms with Crippen LogP contribution < -0.4 is 10.5 Å². The zero-order valence-corrected chi connectivity index (χ0v) is 8.18. The molecule has 2 N–H and O–H groups in total. The Hall–Kier alpha value is -1.10. The van der Waals surface area contributed by atoms with Crippen molar-refractivity contribution in [3.05, 3.63) is 17.5 Å². The average molecular weight is 223 g/mol. The number of nitrogens with two attached hydrogens (primary N) is 1. The highest BCUT2D eigenvalue weighted by Gasteiger charge is 2.18. The van der Waals surface area contributed by atoms with Gasteiger partial charge in [0.1, 0.15) is 0 Å². The maximum atomic E-state index is 12.4. The van der Waals surface area contributed by atoms with Crippen LogP contribution in [0, 0.1) is 0 Å². The fourth-order valence-electron chi connectivity index (χ4n) is 1.06. The zero-order chi connectivity index (χ0) is 10.7. The number of nitrogens with zero attached hydrogens (tertiary/aromatic N) is 1. The lowest BCUT2D eigenvalue weighted by Crippen LogP contribution is -2.03. The number of rotatable bonds is 3. The maximum Gasteiger partial charge on any atom is 0.267 e. The predicted octanol–water partition coefficient (Wildman–Crippen LogP) is 2.35. The first-order valence-corrected chi connectivity index (χ1v) is 4.30. The molecule has 1 rings (SSSR count). The van der Waals surface area contributed by atoms with Gasteiger partial charge in [-0.2, -0.15) is 0 Å². The minimum Gasteiger partial charge on any atom is -0.493 e. The number of halogens is 3. The molecule has 0 aliphatic heterocycles. The van der Waals surface area contributed by atoms with Gasteiger partial charge in [-0.05, 0) is 0 Å². The van der Waals surface area contributed by atoms with Crippen LogP contribution in [-0.2, 0) is 5.88 Å². The molecule has 1 aromatic rings. The third-order valence-electron chi connectivity index (χ3n) is 1.74. The normalized spacial score (nSPS) is 10.6. The summed E-state index contributed by atoms with van der Waals surface area (Å²) in [6.07, 6.45) is -1.65. The first-order valence-electron chi connectivity index (χ1n) is 3.77. The molecule has 0 amide bonds. The van der Waals surface area contributed by atoms with Gasteiger partial charge in [0.15, 0.2) is 5.75 Å². The van der Waals surface area contributed by atoms with Crippen LogP contribution in [0.5, 0.6) is 5.75 Å². The minimum atomic E-state index is -2.67. The lowest BCUT2D eigenvalue weighted by atomic mass is 10.2. The molecular weight excluding hydrogens is 214 g/mol. The summed E-state index contributed by atoms with van der Waals surface area (Å²) in [7, 11) is 1.33. The Labute approximate surface area is 84.8 Å². The largest absolute Gasteiger partial charge is 0.493 e. The van der Waals surface area contributed by atoms with Gasteiger partial charge in [-0.3, -0.25) is 4.98 Å². The van der Waals surface area contributed by atoms with Crippen LogP contribution in [-0.4, -0.2) is 12.1 Å². The zero-order valence-electron chi connectivity index (χ0n) is 7.43. The number of nitrogen functional groups attached to an aromatic ring is 1. The Morgan fingerprint density at radius 3 is 2.71 bits per heavy atom. The summed E-state index contributed by atoms with van der Waals surface area (Å²) < 4.78 is 29.6. The van der Waals surface area contributed by atoms with Crippen molar-refractivity contribution in [2.24, 2.45) is 0 Å². The summed E-state index contributed by atoms with van der Waals surface area (Å²) in [4.78, 5) is 3.73. The third-order valence-corrected chi connectivity index (χ3v) is 2.00. The van der Waals surface area contributed by atoms with Crippen LogP contribution in [0.2, 0.25) is 0 Å². The number of alkyl halides is 3. The van der Waals surface area contributed by atoms with Crippen molar-refractivity contribution in [3.63, 3.8) is 0 Å². The number of anilines is 1. The highest BCUT2D eigenvalue weighted by Crippen LogP contribution is 2.34. The highest BCUT2D eigenvalue weighted by atomic mass is 35.5. The van der Waals surface area contributed by atoms with Gasteiger partial charge in [0, 0.05) is 6.20 Å². The maximum absolute atomic E-state index is 12.4. The van der Waals surface area contributed by atoms with Gasteiger partial charge in [-0.1, -0.05) is 0 Å². The number of ether oxygens (including phenoxy) is 1. The Morgan fingerprint density at radius 2 is 2.29 bits per heavy atom. The van der Waals surface area contributed by atoms with Crippen LogP contribution in [0.4, 0.5) is 14.5 Å². The predicted molar refractivity (Wildman–Crippen MR) is 49.7 cm³/mol. The summed E-state index contributed by atoms with van der Waals surface area (Å²) in [6.45, 7) is 0. The monoisotopic (exact) mass is 222 g/mol. The summed E-state index contributed by atoms with van der Waals surface area (Å²) in [5, 5.41) is 0. The lowest BCUT2D eigenvalue weighted by Gasteiger charge is -2.11. The molecular formula is C8H9ClF2N2O. The molecule has 0 aliphatic carbocycles. The van der Waals surface area contributed by atoms with E-state index in [9.17, 15) is 8.78 Å². The molecule has 6 heteroatoms. The topological polar surface area (TPSA) is 48.1 Å².